The molecule has 0 unspecified atom stereocenters. The van der Waals surface area contributed by atoms with Crippen LogP contribution in [0.2, 0.25) is 0 Å². The van der Waals surface area contributed by atoms with E-state index in [2.05, 4.69) is 12.8 Å². The zero-order chi connectivity index (χ0) is 20.8. The van der Waals surface area contributed by atoms with Crippen molar-refractivity contribution < 1.29 is 17.9 Å². The highest BCUT2D eigenvalue weighted by Crippen LogP contribution is 2.22. The first kappa shape index (κ1) is 26.3. The molecule has 0 heterocycles. The highest BCUT2D eigenvalue weighted by atomic mass is 32.2. The molecule has 1 N–H and O–H groups in total. The number of terminal acetylenes is 1. The summed E-state index contributed by atoms with van der Waals surface area (Å²) in [6.07, 6.45) is 9.97. The minimum atomic E-state index is -3.40. The molecule has 146 valence electrons. The molecule has 26 heavy (non-hydrogen) atoms. The number of rotatable bonds is 8. The number of aliphatic hydroxyl groups is 1. The molecule has 0 radical (unpaired) electrons. The third-order valence-corrected chi connectivity index (χ3v) is 4.59. The lowest BCUT2D eigenvalue weighted by Crippen LogP contribution is -2.30. The Kier molecular flexibility index (Phi) is 14.4. The fourth-order valence-electron chi connectivity index (χ4n) is 2.14. The zero-order valence-corrected chi connectivity index (χ0v) is 16.8. The number of nitrogens with zero attached hydrogens (tertiary/aromatic N) is 2. The highest BCUT2D eigenvalue weighted by molar-refractivity contribution is 7.88. The SMILES string of the molecule is C#C.CC.CCCN(Cc1ccc([C@H](C#N)CCO)cc1F)S(C)(=O)=O. The lowest BCUT2D eigenvalue weighted by atomic mass is 9.96. The van der Waals surface area contributed by atoms with E-state index in [0.717, 1.165) is 6.26 Å². The molecule has 0 bridgehead atoms. The Morgan fingerprint density at radius 2 is 1.92 bits per heavy atom. The fourth-order valence-corrected chi connectivity index (χ4v) is 3.03. The standard InChI is InChI=1S/C15H21FN2O3S.C2H6.C2H2/c1-3-7-18(22(2,20)21)11-14-5-4-12(9-15(14)16)13(10-17)6-8-19;2*1-2/h4-5,9,13,19H,3,6-8,11H2,1-2H3;1-2H3;1-2H/t13-;;/m0../s1. The Hall–Kier alpha value is -1.93. The van der Waals surface area contributed by atoms with E-state index in [0.29, 0.717) is 18.5 Å². The summed E-state index contributed by atoms with van der Waals surface area (Å²) in [7, 11) is -3.40. The van der Waals surface area contributed by atoms with E-state index >= 15 is 0 Å². The molecule has 0 aliphatic rings. The number of aliphatic hydroxyl groups excluding tert-OH is 1. The molecule has 0 aromatic heterocycles. The van der Waals surface area contributed by atoms with Crippen LogP contribution in [0, 0.1) is 30.0 Å². The Labute approximate surface area is 157 Å². The molecular weight excluding hydrogens is 355 g/mol. The second-order valence-electron chi connectivity index (χ2n) is 5.14. The van der Waals surface area contributed by atoms with Gasteiger partial charge in [-0.05, 0) is 24.5 Å². The second-order valence-corrected chi connectivity index (χ2v) is 7.12. The minimum Gasteiger partial charge on any atom is -0.396 e. The maximum Gasteiger partial charge on any atom is 0.211 e. The first-order valence-electron chi connectivity index (χ1n) is 8.40. The summed E-state index contributed by atoms with van der Waals surface area (Å²) >= 11 is 0. The summed E-state index contributed by atoms with van der Waals surface area (Å²) < 4.78 is 38.8. The largest absolute Gasteiger partial charge is 0.396 e. The molecule has 1 atom stereocenters. The van der Waals surface area contributed by atoms with Crippen LogP contribution < -0.4 is 0 Å². The van der Waals surface area contributed by atoms with Crippen LogP contribution in [0.5, 0.6) is 0 Å². The van der Waals surface area contributed by atoms with Crippen molar-refractivity contribution in [2.24, 2.45) is 0 Å². The monoisotopic (exact) mass is 384 g/mol. The van der Waals surface area contributed by atoms with E-state index in [4.69, 9.17) is 10.4 Å². The molecule has 7 heteroatoms. The van der Waals surface area contributed by atoms with Gasteiger partial charge in [0, 0.05) is 25.3 Å². The second kappa shape index (κ2) is 14.3. The fraction of sp³-hybridized carbons (Fsp3) is 0.526. The Morgan fingerprint density at radius 3 is 2.31 bits per heavy atom. The normalized spacial score (nSPS) is 11.4. The lowest BCUT2D eigenvalue weighted by Gasteiger charge is -2.20. The van der Waals surface area contributed by atoms with Gasteiger partial charge in [0.15, 0.2) is 0 Å². The summed E-state index contributed by atoms with van der Waals surface area (Å²) in [6.45, 7) is 5.99. The molecule has 1 rings (SSSR count). The lowest BCUT2D eigenvalue weighted by molar-refractivity contribution is 0.283. The van der Waals surface area contributed by atoms with E-state index in [-0.39, 0.29) is 25.1 Å². The molecule has 0 saturated carbocycles. The summed E-state index contributed by atoms with van der Waals surface area (Å²) in [5.74, 6) is -1.12. The van der Waals surface area contributed by atoms with Gasteiger partial charge < -0.3 is 5.11 Å². The van der Waals surface area contributed by atoms with E-state index < -0.39 is 21.8 Å². The van der Waals surface area contributed by atoms with Gasteiger partial charge >= 0.3 is 0 Å². The number of halogens is 1. The Morgan fingerprint density at radius 1 is 1.35 bits per heavy atom. The molecule has 0 saturated heterocycles. The van der Waals surface area contributed by atoms with Crippen LogP contribution in [0.1, 0.15) is 50.7 Å². The molecule has 0 aliphatic carbocycles. The molecule has 0 fully saturated rings. The van der Waals surface area contributed by atoms with E-state index in [9.17, 15) is 12.8 Å². The maximum absolute atomic E-state index is 14.2. The average molecular weight is 385 g/mol. The van der Waals surface area contributed by atoms with Crippen LogP contribution in [-0.4, -0.2) is 37.2 Å². The number of nitriles is 1. The summed E-state index contributed by atoms with van der Waals surface area (Å²) in [6, 6.07) is 6.37. The van der Waals surface area contributed by atoms with Crippen molar-refractivity contribution in [3.05, 3.63) is 35.1 Å². The number of hydrogen-bond acceptors (Lipinski definition) is 4. The smallest absolute Gasteiger partial charge is 0.211 e. The summed E-state index contributed by atoms with van der Waals surface area (Å²) in [5.41, 5.74) is 0.752. The van der Waals surface area contributed by atoms with Gasteiger partial charge in [-0.2, -0.15) is 9.57 Å². The molecule has 1 aromatic rings. The van der Waals surface area contributed by atoms with Crippen LogP contribution in [0.25, 0.3) is 0 Å². The zero-order valence-electron chi connectivity index (χ0n) is 15.9. The van der Waals surface area contributed by atoms with Gasteiger partial charge in [-0.15, -0.1) is 12.8 Å². The average Bonchev–Trinajstić information content (AvgIpc) is 2.63. The van der Waals surface area contributed by atoms with E-state index in [1.807, 2.05) is 26.8 Å². The van der Waals surface area contributed by atoms with Crippen molar-refractivity contribution in [2.75, 3.05) is 19.4 Å². The van der Waals surface area contributed by atoms with Gasteiger partial charge in [0.25, 0.3) is 0 Å². The highest BCUT2D eigenvalue weighted by Gasteiger charge is 2.19. The molecule has 0 aliphatic heterocycles. The van der Waals surface area contributed by atoms with Crippen molar-refractivity contribution in [3.8, 4) is 18.9 Å². The van der Waals surface area contributed by atoms with E-state index in [1.54, 1.807) is 6.07 Å². The van der Waals surface area contributed by atoms with Crippen molar-refractivity contribution in [1.82, 2.24) is 4.31 Å². The van der Waals surface area contributed by atoms with Crippen LogP contribution in [0.3, 0.4) is 0 Å². The maximum atomic E-state index is 14.2. The quantitative estimate of drug-likeness (QED) is 0.698. The van der Waals surface area contributed by atoms with Gasteiger partial charge in [-0.3, -0.25) is 0 Å². The predicted octanol–water partition coefficient (Wildman–Crippen LogP) is 3.26. The summed E-state index contributed by atoms with van der Waals surface area (Å²) in [4.78, 5) is 0. The molecule has 5 nitrogen and oxygen atoms in total. The predicted molar refractivity (Wildman–Crippen MR) is 103 cm³/mol. The number of sulfonamides is 1. The van der Waals surface area contributed by atoms with Gasteiger partial charge in [0.05, 0.1) is 18.2 Å². The Balaban J connectivity index is 0. The van der Waals surface area contributed by atoms with Gasteiger partial charge in [-0.1, -0.05) is 32.9 Å². The molecular formula is C19H29FN2O3S. The summed E-state index contributed by atoms with van der Waals surface area (Å²) in [5, 5.41) is 17.9. The third-order valence-electron chi connectivity index (χ3n) is 3.34. The van der Waals surface area contributed by atoms with Gasteiger partial charge in [0.1, 0.15) is 5.82 Å². The third kappa shape index (κ3) is 8.96. The first-order chi connectivity index (χ1) is 12.3. The number of hydrogen-bond donors (Lipinski definition) is 1. The Bertz CT molecular complexity index is 682. The van der Waals surface area contributed by atoms with Crippen LogP contribution in [0.15, 0.2) is 18.2 Å². The van der Waals surface area contributed by atoms with Crippen molar-refractivity contribution in [1.29, 1.82) is 5.26 Å². The number of benzene rings is 1. The minimum absolute atomic E-state index is 0.0317. The van der Waals surface area contributed by atoms with Crippen molar-refractivity contribution in [3.63, 3.8) is 0 Å². The molecule has 0 amide bonds. The van der Waals surface area contributed by atoms with Crippen molar-refractivity contribution >= 4 is 10.0 Å². The van der Waals surface area contributed by atoms with Crippen LogP contribution in [-0.2, 0) is 16.6 Å². The molecule has 0 spiro atoms. The van der Waals surface area contributed by atoms with Gasteiger partial charge in [-0.25, -0.2) is 12.8 Å². The first-order valence-corrected chi connectivity index (χ1v) is 10.3. The van der Waals surface area contributed by atoms with E-state index in [1.165, 1.54) is 16.4 Å². The van der Waals surface area contributed by atoms with Crippen LogP contribution in [0.4, 0.5) is 4.39 Å². The van der Waals surface area contributed by atoms with Crippen molar-refractivity contribution in [2.45, 2.75) is 46.1 Å². The molecule has 1 aromatic carbocycles. The topological polar surface area (TPSA) is 81.4 Å². The van der Waals surface area contributed by atoms with Gasteiger partial charge in [0.2, 0.25) is 10.0 Å². The van der Waals surface area contributed by atoms with Crippen LogP contribution >= 0.6 is 0 Å².